The van der Waals surface area contributed by atoms with Gasteiger partial charge in [0.25, 0.3) is 5.91 Å². The first kappa shape index (κ1) is 15.1. The van der Waals surface area contributed by atoms with E-state index in [0.29, 0.717) is 12.1 Å². The SMILES string of the molecule is CCN(CCO)C(=O)c1occc1COc1ccccc1. The molecule has 0 aliphatic heterocycles. The Morgan fingerprint density at radius 3 is 2.71 bits per heavy atom. The molecule has 2 aromatic rings. The van der Waals surface area contributed by atoms with Crippen molar-refractivity contribution in [2.24, 2.45) is 0 Å². The number of amides is 1. The number of carbonyl (C=O) groups excluding carboxylic acids is 1. The van der Waals surface area contributed by atoms with E-state index in [9.17, 15) is 4.79 Å². The van der Waals surface area contributed by atoms with E-state index in [4.69, 9.17) is 14.3 Å². The van der Waals surface area contributed by atoms with Crippen LogP contribution in [0.15, 0.2) is 47.1 Å². The summed E-state index contributed by atoms with van der Waals surface area (Å²) in [6.07, 6.45) is 1.48. The number of benzene rings is 1. The highest BCUT2D eigenvalue weighted by Gasteiger charge is 2.21. The molecular formula is C16H19NO4. The fourth-order valence-corrected chi connectivity index (χ4v) is 1.98. The van der Waals surface area contributed by atoms with Gasteiger partial charge in [0.1, 0.15) is 12.4 Å². The van der Waals surface area contributed by atoms with Gasteiger partial charge in [0.05, 0.1) is 12.9 Å². The molecular weight excluding hydrogens is 270 g/mol. The fourth-order valence-electron chi connectivity index (χ4n) is 1.98. The molecule has 21 heavy (non-hydrogen) atoms. The van der Waals surface area contributed by atoms with Crippen LogP contribution in [-0.4, -0.2) is 35.6 Å². The monoisotopic (exact) mass is 289 g/mol. The number of para-hydroxylation sites is 1. The van der Waals surface area contributed by atoms with E-state index in [1.807, 2.05) is 37.3 Å². The molecule has 0 aliphatic rings. The summed E-state index contributed by atoms with van der Waals surface area (Å²) in [5.74, 6) is 0.768. The molecule has 0 atom stereocenters. The van der Waals surface area contributed by atoms with Crippen LogP contribution in [0.5, 0.6) is 5.75 Å². The molecule has 1 heterocycles. The number of aliphatic hydroxyl groups excluding tert-OH is 1. The zero-order valence-electron chi connectivity index (χ0n) is 12.0. The van der Waals surface area contributed by atoms with Crippen LogP contribution in [0, 0.1) is 0 Å². The Morgan fingerprint density at radius 2 is 2.05 bits per heavy atom. The minimum atomic E-state index is -0.233. The number of hydrogen-bond donors (Lipinski definition) is 1. The number of carbonyl (C=O) groups is 1. The van der Waals surface area contributed by atoms with Crippen molar-refractivity contribution < 1.29 is 19.1 Å². The van der Waals surface area contributed by atoms with Crippen molar-refractivity contribution in [3.8, 4) is 5.75 Å². The van der Waals surface area contributed by atoms with Crippen LogP contribution in [0.3, 0.4) is 0 Å². The average Bonchev–Trinajstić information content (AvgIpc) is 2.99. The average molecular weight is 289 g/mol. The first-order valence-electron chi connectivity index (χ1n) is 6.90. The van der Waals surface area contributed by atoms with Crippen molar-refractivity contribution in [1.82, 2.24) is 4.90 Å². The van der Waals surface area contributed by atoms with Gasteiger partial charge in [-0.15, -0.1) is 0 Å². The predicted molar refractivity (Wildman–Crippen MR) is 78.1 cm³/mol. The maximum absolute atomic E-state index is 12.3. The molecule has 0 saturated carbocycles. The molecule has 112 valence electrons. The van der Waals surface area contributed by atoms with Crippen LogP contribution in [0.1, 0.15) is 23.0 Å². The van der Waals surface area contributed by atoms with E-state index in [0.717, 1.165) is 5.75 Å². The molecule has 0 bridgehead atoms. The first-order valence-corrected chi connectivity index (χ1v) is 6.90. The topological polar surface area (TPSA) is 62.9 Å². The summed E-state index contributed by atoms with van der Waals surface area (Å²) in [6.45, 7) is 2.85. The van der Waals surface area contributed by atoms with Crippen LogP contribution in [0.2, 0.25) is 0 Å². The third-order valence-electron chi connectivity index (χ3n) is 3.12. The Balaban J connectivity index is 2.06. The fraction of sp³-hybridized carbons (Fsp3) is 0.312. The first-order chi connectivity index (χ1) is 10.3. The van der Waals surface area contributed by atoms with Gasteiger partial charge in [0.15, 0.2) is 5.76 Å². The second kappa shape index (κ2) is 7.50. The summed E-state index contributed by atoms with van der Waals surface area (Å²) in [4.78, 5) is 13.9. The molecule has 1 N–H and O–H groups in total. The Labute approximate surface area is 123 Å². The summed E-state index contributed by atoms with van der Waals surface area (Å²) in [6, 6.07) is 11.1. The van der Waals surface area contributed by atoms with Gasteiger partial charge in [0.2, 0.25) is 0 Å². The van der Waals surface area contributed by atoms with E-state index in [2.05, 4.69) is 0 Å². The number of likely N-dealkylation sites (N-methyl/N-ethyl adjacent to an activating group) is 1. The molecule has 1 amide bonds. The van der Waals surface area contributed by atoms with Gasteiger partial charge in [-0.05, 0) is 25.1 Å². The number of ether oxygens (including phenoxy) is 1. The maximum atomic E-state index is 12.3. The van der Waals surface area contributed by atoms with E-state index in [-0.39, 0.29) is 31.4 Å². The standard InChI is InChI=1S/C16H19NO4/c1-2-17(9-10-18)16(19)15-13(8-11-20-15)12-21-14-6-4-3-5-7-14/h3-8,11,18H,2,9-10,12H2,1H3. The van der Waals surface area contributed by atoms with E-state index in [1.165, 1.54) is 11.2 Å². The summed E-state index contributed by atoms with van der Waals surface area (Å²) >= 11 is 0. The largest absolute Gasteiger partial charge is 0.489 e. The molecule has 0 radical (unpaired) electrons. The molecule has 1 aromatic carbocycles. The second-order valence-corrected chi connectivity index (χ2v) is 4.49. The quantitative estimate of drug-likeness (QED) is 0.849. The lowest BCUT2D eigenvalue weighted by Crippen LogP contribution is -2.33. The highest BCUT2D eigenvalue weighted by Crippen LogP contribution is 2.17. The molecule has 0 fully saturated rings. The number of nitrogens with zero attached hydrogens (tertiary/aromatic N) is 1. The zero-order chi connectivity index (χ0) is 15.1. The number of hydrogen-bond acceptors (Lipinski definition) is 4. The molecule has 0 spiro atoms. The van der Waals surface area contributed by atoms with Crippen LogP contribution in [0.4, 0.5) is 0 Å². The zero-order valence-corrected chi connectivity index (χ0v) is 12.0. The van der Waals surface area contributed by atoms with Crippen molar-refractivity contribution in [3.05, 3.63) is 54.0 Å². The molecule has 0 unspecified atom stereocenters. The van der Waals surface area contributed by atoms with Gasteiger partial charge in [0, 0.05) is 18.7 Å². The maximum Gasteiger partial charge on any atom is 0.290 e. The summed E-state index contributed by atoms with van der Waals surface area (Å²) < 4.78 is 10.9. The van der Waals surface area contributed by atoms with E-state index >= 15 is 0 Å². The Morgan fingerprint density at radius 1 is 1.29 bits per heavy atom. The predicted octanol–water partition coefficient (Wildman–Crippen LogP) is 2.31. The summed E-state index contributed by atoms with van der Waals surface area (Å²) in [5.41, 5.74) is 0.695. The number of rotatable bonds is 7. The Kier molecular flexibility index (Phi) is 5.40. The third kappa shape index (κ3) is 3.86. The van der Waals surface area contributed by atoms with Gasteiger partial charge in [-0.3, -0.25) is 4.79 Å². The van der Waals surface area contributed by atoms with E-state index in [1.54, 1.807) is 6.07 Å². The molecule has 0 aliphatic carbocycles. The molecule has 5 heteroatoms. The highest BCUT2D eigenvalue weighted by molar-refractivity contribution is 5.92. The normalized spacial score (nSPS) is 10.4. The summed E-state index contributed by atoms with van der Waals surface area (Å²) in [7, 11) is 0. The van der Waals surface area contributed by atoms with Gasteiger partial charge in [-0.25, -0.2) is 0 Å². The molecule has 5 nitrogen and oxygen atoms in total. The van der Waals surface area contributed by atoms with Crippen LogP contribution in [-0.2, 0) is 6.61 Å². The lowest BCUT2D eigenvalue weighted by molar-refractivity contribution is 0.0696. The van der Waals surface area contributed by atoms with Gasteiger partial charge in [-0.1, -0.05) is 18.2 Å². The summed E-state index contributed by atoms with van der Waals surface area (Å²) in [5, 5.41) is 8.99. The molecule has 2 rings (SSSR count). The third-order valence-corrected chi connectivity index (χ3v) is 3.12. The molecule has 0 saturated heterocycles. The van der Waals surface area contributed by atoms with Gasteiger partial charge in [-0.2, -0.15) is 0 Å². The van der Waals surface area contributed by atoms with Crippen molar-refractivity contribution in [2.45, 2.75) is 13.5 Å². The van der Waals surface area contributed by atoms with E-state index < -0.39 is 0 Å². The van der Waals surface area contributed by atoms with Crippen LogP contribution >= 0.6 is 0 Å². The van der Waals surface area contributed by atoms with Gasteiger partial charge < -0.3 is 19.2 Å². The minimum Gasteiger partial charge on any atom is -0.489 e. The van der Waals surface area contributed by atoms with Crippen LogP contribution in [0.25, 0.3) is 0 Å². The lowest BCUT2D eigenvalue weighted by Gasteiger charge is -2.18. The minimum absolute atomic E-state index is 0.0733. The van der Waals surface area contributed by atoms with Crippen molar-refractivity contribution >= 4 is 5.91 Å². The smallest absolute Gasteiger partial charge is 0.290 e. The number of aliphatic hydroxyl groups is 1. The van der Waals surface area contributed by atoms with Crippen molar-refractivity contribution in [2.75, 3.05) is 19.7 Å². The number of furan rings is 1. The van der Waals surface area contributed by atoms with Crippen molar-refractivity contribution in [1.29, 1.82) is 0 Å². The Hall–Kier alpha value is -2.27. The van der Waals surface area contributed by atoms with Crippen LogP contribution < -0.4 is 4.74 Å². The van der Waals surface area contributed by atoms with Crippen molar-refractivity contribution in [3.63, 3.8) is 0 Å². The Bertz CT molecular complexity index is 565. The lowest BCUT2D eigenvalue weighted by atomic mass is 10.2. The second-order valence-electron chi connectivity index (χ2n) is 4.49. The molecule has 1 aromatic heterocycles. The van der Waals surface area contributed by atoms with Gasteiger partial charge >= 0.3 is 0 Å². The highest BCUT2D eigenvalue weighted by atomic mass is 16.5.